The number of hydrogen-bond acceptors (Lipinski definition) is 3. The normalized spacial score (nSPS) is 25.3. The average Bonchev–Trinajstić information content (AvgIpc) is 2.55. The van der Waals surface area contributed by atoms with E-state index in [0.717, 1.165) is 25.7 Å². The van der Waals surface area contributed by atoms with Gasteiger partial charge in [-0.1, -0.05) is 33.6 Å². The molecule has 102 valence electrons. The van der Waals surface area contributed by atoms with Crippen molar-refractivity contribution in [3.8, 4) is 0 Å². The summed E-state index contributed by atoms with van der Waals surface area (Å²) in [6.07, 6.45) is 5.29. The van der Waals surface area contributed by atoms with Gasteiger partial charge in [0.25, 0.3) is 0 Å². The molecule has 1 aromatic heterocycles. The maximum absolute atomic E-state index is 11.5. The lowest BCUT2D eigenvalue weighted by molar-refractivity contribution is 0.122. The maximum Gasteiger partial charge on any atom is 0.440 e. The first-order chi connectivity index (χ1) is 8.35. The highest BCUT2D eigenvalue weighted by Crippen LogP contribution is 2.38. The van der Waals surface area contributed by atoms with Crippen LogP contribution in [0, 0.1) is 11.3 Å². The second-order valence-electron chi connectivity index (χ2n) is 6.59. The molecule has 2 atom stereocenters. The lowest BCUT2D eigenvalue weighted by atomic mass is 9.76. The highest BCUT2D eigenvalue weighted by atomic mass is 16.5. The topological polar surface area (TPSA) is 68.0 Å². The van der Waals surface area contributed by atoms with Crippen molar-refractivity contribution in [2.24, 2.45) is 11.3 Å². The van der Waals surface area contributed by atoms with Crippen molar-refractivity contribution >= 4 is 0 Å². The van der Waals surface area contributed by atoms with Crippen molar-refractivity contribution in [3.63, 3.8) is 0 Å². The minimum absolute atomic E-state index is 0.0394. The Labute approximate surface area is 106 Å². The first-order valence-corrected chi connectivity index (χ1v) is 6.67. The van der Waals surface area contributed by atoms with Crippen LogP contribution in [0.1, 0.15) is 58.9 Å². The molecule has 1 N–H and O–H groups in total. The van der Waals surface area contributed by atoms with Crippen molar-refractivity contribution < 1.29 is 4.52 Å². The van der Waals surface area contributed by atoms with E-state index in [-0.39, 0.29) is 6.04 Å². The summed E-state index contributed by atoms with van der Waals surface area (Å²) in [4.78, 5) is 24.7. The van der Waals surface area contributed by atoms with Crippen LogP contribution in [-0.2, 0) is 0 Å². The van der Waals surface area contributed by atoms with Crippen LogP contribution in [0.3, 0.4) is 0 Å². The summed E-state index contributed by atoms with van der Waals surface area (Å²) in [6.45, 7) is 6.71. The fraction of sp³-hybridized carbons (Fsp3) is 0.846. The van der Waals surface area contributed by atoms with Crippen LogP contribution in [-0.4, -0.2) is 9.72 Å². The first-order valence-electron chi connectivity index (χ1n) is 6.67. The Balaban J connectivity index is 2.09. The summed E-state index contributed by atoms with van der Waals surface area (Å²) >= 11 is 0. The quantitative estimate of drug-likeness (QED) is 0.880. The second kappa shape index (κ2) is 4.78. The van der Waals surface area contributed by atoms with Crippen LogP contribution in [0.15, 0.2) is 14.1 Å². The highest BCUT2D eigenvalue weighted by molar-refractivity contribution is 4.80. The van der Waals surface area contributed by atoms with Crippen LogP contribution in [0.2, 0.25) is 0 Å². The van der Waals surface area contributed by atoms with E-state index in [9.17, 15) is 9.59 Å². The van der Waals surface area contributed by atoms with Gasteiger partial charge < -0.3 is 4.52 Å². The summed E-state index contributed by atoms with van der Waals surface area (Å²) in [5, 5.41) is 0. The SMILES string of the molecule is CC(C)(C)CC1CCCC(n2oc(=O)[nH]c2=O)C1. The molecule has 0 bridgehead atoms. The van der Waals surface area contributed by atoms with Gasteiger partial charge >= 0.3 is 11.4 Å². The van der Waals surface area contributed by atoms with Crippen molar-refractivity contribution in [1.82, 2.24) is 9.72 Å². The Hall–Kier alpha value is -1.26. The Kier molecular flexibility index (Phi) is 3.50. The average molecular weight is 254 g/mol. The summed E-state index contributed by atoms with van der Waals surface area (Å²) < 4.78 is 6.16. The Morgan fingerprint density at radius 1 is 1.33 bits per heavy atom. The van der Waals surface area contributed by atoms with Gasteiger partial charge in [-0.05, 0) is 30.6 Å². The van der Waals surface area contributed by atoms with Gasteiger partial charge in [-0.15, -0.1) is 4.74 Å². The Morgan fingerprint density at radius 2 is 2.06 bits per heavy atom. The third-order valence-electron chi connectivity index (χ3n) is 3.58. The third-order valence-corrected chi connectivity index (χ3v) is 3.58. The van der Waals surface area contributed by atoms with Gasteiger partial charge in [0.2, 0.25) is 0 Å². The number of hydrogen-bond donors (Lipinski definition) is 1. The summed E-state index contributed by atoms with van der Waals surface area (Å²) in [5.74, 6) is -0.0474. The number of nitrogens with zero attached hydrogens (tertiary/aromatic N) is 1. The molecule has 0 spiro atoms. The van der Waals surface area contributed by atoms with Gasteiger partial charge in [0.15, 0.2) is 0 Å². The highest BCUT2D eigenvalue weighted by Gasteiger charge is 2.28. The van der Waals surface area contributed by atoms with E-state index in [1.807, 2.05) is 0 Å². The van der Waals surface area contributed by atoms with Gasteiger partial charge in [-0.2, -0.15) is 0 Å². The molecule has 2 rings (SSSR count). The predicted octanol–water partition coefficient (Wildman–Crippen LogP) is 2.30. The predicted molar refractivity (Wildman–Crippen MR) is 68.7 cm³/mol. The van der Waals surface area contributed by atoms with Crippen LogP contribution in [0.5, 0.6) is 0 Å². The molecule has 1 aromatic rings. The molecular formula is C13H22N2O3. The third kappa shape index (κ3) is 3.15. The number of H-pyrrole nitrogens is 1. The number of rotatable bonds is 2. The molecule has 18 heavy (non-hydrogen) atoms. The van der Waals surface area contributed by atoms with Gasteiger partial charge in [-0.3, -0.25) is 0 Å². The molecule has 1 aliphatic rings. The smallest absolute Gasteiger partial charge is 0.317 e. The lowest BCUT2D eigenvalue weighted by Crippen LogP contribution is -2.28. The molecule has 5 heteroatoms. The van der Waals surface area contributed by atoms with E-state index in [0.29, 0.717) is 11.3 Å². The molecule has 0 aromatic carbocycles. The lowest BCUT2D eigenvalue weighted by Gasteiger charge is -2.32. The van der Waals surface area contributed by atoms with Gasteiger partial charge in [0, 0.05) is 0 Å². The van der Waals surface area contributed by atoms with Crippen molar-refractivity contribution in [3.05, 3.63) is 21.0 Å². The van der Waals surface area contributed by atoms with E-state index in [1.54, 1.807) is 0 Å². The van der Waals surface area contributed by atoms with E-state index >= 15 is 0 Å². The van der Waals surface area contributed by atoms with Crippen molar-refractivity contribution in [1.29, 1.82) is 0 Å². The van der Waals surface area contributed by atoms with Crippen LogP contribution >= 0.6 is 0 Å². The summed E-state index contributed by atoms with van der Waals surface area (Å²) in [7, 11) is 0. The molecule has 5 nitrogen and oxygen atoms in total. The second-order valence-corrected chi connectivity index (χ2v) is 6.59. The minimum Gasteiger partial charge on any atom is -0.317 e. The zero-order chi connectivity index (χ0) is 13.3. The fourth-order valence-electron chi connectivity index (χ4n) is 3.06. The molecule has 0 saturated heterocycles. The summed E-state index contributed by atoms with van der Waals surface area (Å²) in [6, 6.07) is 0.0394. The molecule has 0 radical (unpaired) electrons. The zero-order valence-corrected chi connectivity index (χ0v) is 11.4. The van der Waals surface area contributed by atoms with Gasteiger partial charge in [0.05, 0.1) is 6.04 Å². The molecule has 2 unspecified atom stereocenters. The minimum atomic E-state index is -0.655. The molecule has 1 aliphatic carbocycles. The molecular weight excluding hydrogens is 232 g/mol. The fourth-order valence-corrected chi connectivity index (χ4v) is 3.06. The van der Waals surface area contributed by atoms with Crippen LogP contribution in [0.4, 0.5) is 0 Å². The van der Waals surface area contributed by atoms with E-state index in [1.165, 1.54) is 11.2 Å². The monoisotopic (exact) mass is 254 g/mol. The number of nitrogens with one attached hydrogen (secondary N) is 1. The number of aromatic amines is 1. The largest absolute Gasteiger partial charge is 0.440 e. The molecule has 0 amide bonds. The van der Waals surface area contributed by atoms with E-state index in [2.05, 4.69) is 25.8 Å². The van der Waals surface area contributed by atoms with Gasteiger partial charge in [0.1, 0.15) is 0 Å². The number of aromatic nitrogens is 2. The molecule has 0 aliphatic heterocycles. The van der Waals surface area contributed by atoms with Gasteiger partial charge in [-0.25, -0.2) is 14.6 Å². The first kappa shape index (κ1) is 13.2. The zero-order valence-electron chi connectivity index (χ0n) is 11.4. The maximum atomic E-state index is 11.5. The van der Waals surface area contributed by atoms with E-state index < -0.39 is 11.4 Å². The Bertz CT molecular complexity index is 503. The standard InChI is InChI=1S/C13H22N2O3/c1-13(2,3)8-9-5-4-6-10(7-9)15-11(16)14-12(17)18-15/h9-10H,4-8H2,1-3H3,(H,14,16,17). The molecule has 1 fully saturated rings. The Morgan fingerprint density at radius 3 is 2.61 bits per heavy atom. The van der Waals surface area contributed by atoms with Crippen LogP contribution in [0.25, 0.3) is 0 Å². The molecule has 1 heterocycles. The molecule has 1 saturated carbocycles. The van der Waals surface area contributed by atoms with Crippen LogP contribution < -0.4 is 11.4 Å². The summed E-state index contributed by atoms with van der Waals surface area (Å²) in [5.41, 5.74) is -0.113. The van der Waals surface area contributed by atoms with Crippen molar-refractivity contribution in [2.75, 3.05) is 0 Å². The van der Waals surface area contributed by atoms with E-state index in [4.69, 9.17) is 4.52 Å². The van der Waals surface area contributed by atoms with Crippen molar-refractivity contribution in [2.45, 2.75) is 58.9 Å².